The Morgan fingerprint density at radius 1 is 1.67 bits per heavy atom. The average Bonchev–Trinajstić information content (AvgIpc) is 2.67. The third-order valence-corrected chi connectivity index (χ3v) is 1.77. The summed E-state index contributed by atoms with van der Waals surface area (Å²) < 4.78 is 10.2. The van der Waals surface area contributed by atoms with E-state index in [1.54, 1.807) is 13.8 Å². The van der Waals surface area contributed by atoms with Gasteiger partial charge in [0.05, 0.1) is 6.10 Å². The number of hydrogen-bond donors (Lipinski definition) is 1. The summed E-state index contributed by atoms with van der Waals surface area (Å²) in [7, 11) is 0. The quantitative estimate of drug-likeness (QED) is 0.570. The molecule has 0 bridgehead atoms. The molecule has 1 atom stereocenters. The Hall–Kier alpha value is -0.870. The molecule has 1 rings (SSSR count). The van der Waals surface area contributed by atoms with Crippen molar-refractivity contribution >= 4 is 5.97 Å². The van der Waals surface area contributed by atoms with Crippen LogP contribution in [0.2, 0.25) is 0 Å². The fourth-order valence-corrected chi connectivity index (χ4v) is 1.07. The summed E-state index contributed by atoms with van der Waals surface area (Å²) in [5, 5.41) is 7.57. The van der Waals surface area contributed by atoms with Crippen LogP contribution < -0.4 is 0 Å². The van der Waals surface area contributed by atoms with E-state index in [-0.39, 0.29) is 18.7 Å². The Labute approximate surface area is 90.9 Å². The lowest BCUT2D eigenvalue weighted by Gasteiger charge is -2.09. The molecule has 0 radical (unpaired) electrons. The fourth-order valence-electron chi connectivity index (χ4n) is 1.07. The molecule has 4 heteroatoms. The van der Waals surface area contributed by atoms with Gasteiger partial charge in [-0.3, -0.25) is 0 Å². The standard InChI is InChI=1S/C9H14O3.C2H6O/c1-7(2)9(10)12-6-8-4-3-5-11-8;1-2-3/h8H,1,3-6H2,2H3;3H,2H2,1H3. The zero-order chi connectivity index (χ0) is 11.7. The van der Waals surface area contributed by atoms with Gasteiger partial charge in [0.15, 0.2) is 0 Å². The van der Waals surface area contributed by atoms with Gasteiger partial charge in [0.1, 0.15) is 6.61 Å². The van der Waals surface area contributed by atoms with Crippen LogP contribution in [0.3, 0.4) is 0 Å². The third-order valence-electron chi connectivity index (χ3n) is 1.77. The summed E-state index contributed by atoms with van der Waals surface area (Å²) >= 11 is 0. The molecule has 0 amide bonds. The van der Waals surface area contributed by atoms with E-state index in [9.17, 15) is 4.79 Å². The van der Waals surface area contributed by atoms with Crippen molar-refractivity contribution in [2.45, 2.75) is 32.8 Å². The molecule has 0 aromatic carbocycles. The fraction of sp³-hybridized carbons (Fsp3) is 0.727. The van der Waals surface area contributed by atoms with Crippen LogP contribution in [-0.4, -0.2) is 37.0 Å². The van der Waals surface area contributed by atoms with Gasteiger partial charge in [-0.15, -0.1) is 0 Å². The largest absolute Gasteiger partial charge is 0.460 e. The molecule has 0 aromatic heterocycles. The van der Waals surface area contributed by atoms with Crippen molar-refractivity contribution in [1.29, 1.82) is 0 Å². The molecule has 1 aliphatic heterocycles. The number of aliphatic hydroxyl groups is 1. The summed E-state index contributed by atoms with van der Waals surface area (Å²) in [5.74, 6) is -0.328. The van der Waals surface area contributed by atoms with Gasteiger partial charge in [-0.1, -0.05) is 6.58 Å². The molecule has 1 saturated heterocycles. The minimum absolute atomic E-state index is 0.105. The first-order valence-corrected chi connectivity index (χ1v) is 5.16. The number of ether oxygens (including phenoxy) is 2. The molecule has 88 valence electrons. The average molecular weight is 216 g/mol. The predicted octanol–water partition coefficient (Wildman–Crippen LogP) is 1.28. The van der Waals surface area contributed by atoms with Gasteiger partial charge >= 0.3 is 5.97 Å². The maximum Gasteiger partial charge on any atom is 0.333 e. The Bertz CT molecular complexity index is 195. The van der Waals surface area contributed by atoms with Gasteiger partial charge < -0.3 is 14.6 Å². The van der Waals surface area contributed by atoms with Crippen LogP contribution in [0.4, 0.5) is 0 Å². The van der Waals surface area contributed by atoms with Crippen molar-refractivity contribution in [3.05, 3.63) is 12.2 Å². The molecule has 1 heterocycles. The SMILES string of the molecule is C=C(C)C(=O)OCC1CCCO1.CCO. The van der Waals surface area contributed by atoms with Crippen molar-refractivity contribution in [3.8, 4) is 0 Å². The van der Waals surface area contributed by atoms with Crippen molar-refractivity contribution < 1.29 is 19.4 Å². The second kappa shape index (κ2) is 8.44. The number of rotatable bonds is 3. The van der Waals surface area contributed by atoms with Crippen LogP contribution in [0.25, 0.3) is 0 Å². The van der Waals surface area contributed by atoms with Gasteiger partial charge in [0, 0.05) is 18.8 Å². The Morgan fingerprint density at radius 2 is 2.27 bits per heavy atom. The maximum atomic E-state index is 10.9. The Morgan fingerprint density at radius 3 is 2.67 bits per heavy atom. The van der Waals surface area contributed by atoms with Crippen molar-refractivity contribution in [1.82, 2.24) is 0 Å². The van der Waals surface area contributed by atoms with E-state index in [4.69, 9.17) is 14.6 Å². The van der Waals surface area contributed by atoms with Crippen LogP contribution in [0.15, 0.2) is 12.2 Å². The molecule has 0 spiro atoms. The molecule has 1 unspecified atom stereocenters. The highest BCUT2D eigenvalue weighted by Crippen LogP contribution is 2.12. The zero-order valence-electron chi connectivity index (χ0n) is 9.49. The Kier molecular flexibility index (Phi) is 7.95. The van der Waals surface area contributed by atoms with Crippen LogP contribution in [-0.2, 0) is 14.3 Å². The van der Waals surface area contributed by atoms with E-state index in [2.05, 4.69) is 6.58 Å². The van der Waals surface area contributed by atoms with Crippen LogP contribution in [0.1, 0.15) is 26.7 Å². The lowest BCUT2D eigenvalue weighted by molar-refractivity contribution is -0.142. The van der Waals surface area contributed by atoms with E-state index < -0.39 is 0 Å². The first kappa shape index (κ1) is 14.1. The van der Waals surface area contributed by atoms with Gasteiger partial charge in [-0.05, 0) is 26.7 Å². The van der Waals surface area contributed by atoms with Crippen molar-refractivity contribution in [2.75, 3.05) is 19.8 Å². The highest BCUT2D eigenvalue weighted by atomic mass is 16.6. The Balaban J connectivity index is 0.000000583. The summed E-state index contributed by atoms with van der Waals surface area (Å²) in [6.07, 6.45) is 2.16. The lowest BCUT2D eigenvalue weighted by Crippen LogP contribution is -2.17. The van der Waals surface area contributed by atoms with Crippen LogP contribution in [0.5, 0.6) is 0 Å². The third kappa shape index (κ3) is 7.11. The van der Waals surface area contributed by atoms with Gasteiger partial charge in [-0.2, -0.15) is 0 Å². The molecule has 15 heavy (non-hydrogen) atoms. The van der Waals surface area contributed by atoms with Gasteiger partial charge in [-0.25, -0.2) is 4.79 Å². The monoisotopic (exact) mass is 216 g/mol. The minimum atomic E-state index is -0.328. The second-order valence-electron chi connectivity index (χ2n) is 3.33. The first-order valence-electron chi connectivity index (χ1n) is 5.16. The molecular formula is C11H20O4. The highest BCUT2D eigenvalue weighted by Gasteiger charge is 2.17. The predicted molar refractivity (Wildman–Crippen MR) is 57.5 cm³/mol. The number of carbonyl (C=O) groups is 1. The molecule has 1 fully saturated rings. The van der Waals surface area contributed by atoms with Gasteiger partial charge in [0.2, 0.25) is 0 Å². The van der Waals surface area contributed by atoms with E-state index in [1.807, 2.05) is 0 Å². The molecule has 0 saturated carbocycles. The molecule has 4 nitrogen and oxygen atoms in total. The second-order valence-corrected chi connectivity index (χ2v) is 3.33. The minimum Gasteiger partial charge on any atom is -0.460 e. The smallest absolute Gasteiger partial charge is 0.333 e. The summed E-state index contributed by atoms with van der Waals surface area (Å²) in [4.78, 5) is 10.9. The van der Waals surface area contributed by atoms with Crippen LogP contribution >= 0.6 is 0 Å². The normalized spacial score (nSPS) is 19.0. The van der Waals surface area contributed by atoms with Crippen LogP contribution in [0, 0.1) is 0 Å². The lowest BCUT2D eigenvalue weighted by atomic mass is 10.2. The molecular weight excluding hydrogens is 196 g/mol. The number of aliphatic hydroxyl groups excluding tert-OH is 1. The maximum absolute atomic E-state index is 10.9. The molecule has 0 aromatic rings. The summed E-state index contributed by atoms with van der Waals surface area (Å²) in [5.41, 5.74) is 0.438. The summed E-state index contributed by atoms with van der Waals surface area (Å²) in [6.45, 7) is 8.21. The van der Waals surface area contributed by atoms with E-state index >= 15 is 0 Å². The van der Waals surface area contributed by atoms with Crippen molar-refractivity contribution in [2.24, 2.45) is 0 Å². The van der Waals surface area contributed by atoms with E-state index in [0.717, 1.165) is 19.4 Å². The molecule has 1 N–H and O–H groups in total. The molecule has 0 aliphatic carbocycles. The zero-order valence-corrected chi connectivity index (χ0v) is 9.49. The van der Waals surface area contributed by atoms with Gasteiger partial charge in [0.25, 0.3) is 0 Å². The first-order chi connectivity index (χ1) is 7.11. The van der Waals surface area contributed by atoms with Crippen molar-refractivity contribution in [3.63, 3.8) is 0 Å². The number of hydrogen-bond acceptors (Lipinski definition) is 4. The van der Waals surface area contributed by atoms with E-state index in [0.29, 0.717) is 12.2 Å². The molecule has 1 aliphatic rings. The number of carbonyl (C=O) groups excluding carboxylic acids is 1. The number of esters is 1. The topological polar surface area (TPSA) is 55.8 Å². The highest BCUT2D eigenvalue weighted by molar-refractivity contribution is 5.86. The van der Waals surface area contributed by atoms with E-state index in [1.165, 1.54) is 0 Å². The summed E-state index contributed by atoms with van der Waals surface area (Å²) in [6, 6.07) is 0.